The van der Waals surface area contributed by atoms with Crippen molar-refractivity contribution in [2.24, 2.45) is 0 Å². The first-order valence-corrected chi connectivity index (χ1v) is 7.93. The predicted molar refractivity (Wildman–Crippen MR) is 81.9 cm³/mol. The average molecular weight is 319 g/mol. The van der Waals surface area contributed by atoms with E-state index in [4.69, 9.17) is 9.47 Å². The van der Waals surface area contributed by atoms with Crippen molar-refractivity contribution in [1.82, 2.24) is 4.90 Å². The van der Waals surface area contributed by atoms with Crippen molar-refractivity contribution in [3.63, 3.8) is 0 Å². The first-order valence-electron chi connectivity index (χ1n) is 7.93. The number of carboxylic acid groups (broad SMARTS) is 1. The number of carbonyl (C=O) groups excluding carboxylic acids is 1. The zero-order chi connectivity index (χ0) is 16.2. The minimum atomic E-state index is -0.980. The van der Waals surface area contributed by atoms with Crippen LogP contribution in [0.2, 0.25) is 0 Å². The van der Waals surface area contributed by atoms with E-state index in [1.165, 1.54) is 4.90 Å². The number of nitrogens with zero attached hydrogens (tertiary/aromatic N) is 1. The Morgan fingerprint density at radius 3 is 2.78 bits per heavy atom. The van der Waals surface area contributed by atoms with Crippen molar-refractivity contribution in [3.8, 4) is 0 Å². The van der Waals surface area contributed by atoms with E-state index in [2.05, 4.69) is 0 Å². The summed E-state index contributed by atoms with van der Waals surface area (Å²) in [6.45, 7) is 1.33. The maximum atomic E-state index is 12.4. The van der Waals surface area contributed by atoms with E-state index in [9.17, 15) is 14.7 Å². The second-order valence-electron chi connectivity index (χ2n) is 6.00. The van der Waals surface area contributed by atoms with Gasteiger partial charge in [-0.15, -0.1) is 0 Å². The fourth-order valence-corrected chi connectivity index (χ4v) is 3.14. The minimum Gasteiger partial charge on any atom is -0.480 e. The Morgan fingerprint density at radius 2 is 2.09 bits per heavy atom. The maximum Gasteiger partial charge on any atom is 0.326 e. The summed E-state index contributed by atoms with van der Waals surface area (Å²) in [4.78, 5) is 25.3. The van der Waals surface area contributed by atoms with Crippen molar-refractivity contribution in [2.75, 3.05) is 19.8 Å². The van der Waals surface area contributed by atoms with Crippen LogP contribution in [0, 0.1) is 0 Å². The van der Waals surface area contributed by atoms with Crippen LogP contribution in [0.25, 0.3) is 0 Å². The maximum absolute atomic E-state index is 12.4. The molecule has 6 nitrogen and oxygen atoms in total. The van der Waals surface area contributed by atoms with Crippen LogP contribution in [0.5, 0.6) is 0 Å². The third kappa shape index (κ3) is 3.71. The summed E-state index contributed by atoms with van der Waals surface area (Å²) in [5, 5.41) is 9.43. The van der Waals surface area contributed by atoms with Crippen LogP contribution in [-0.4, -0.2) is 53.8 Å². The second-order valence-corrected chi connectivity index (χ2v) is 6.00. The molecular formula is C17H21NO5. The van der Waals surface area contributed by atoms with Gasteiger partial charge in [0.15, 0.2) is 0 Å². The molecule has 1 N–H and O–H groups in total. The molecule has 2 atom stereocenters. The number of carboxylic acids is 1. The fourth-order valence-electron chi connectivity index (χ4n) is 3.14. The van der Waals surface area contributed by atoms with Crippen LogP contribution in [0.4, 0.5) is 0 Å². The van der Waals surface area contributed by atoms with E-state index >= 15 is 0 Å². The van der Waals surface area contributed by atoms with Crippen LogP contribution >= 0.6 is 0 Å². The Morgan fingerprint density at radius 1 is 1.30 bits per heavy atom. The summed E-state index contributed by atoms with van der Waals surface area (Å²) < 4.78 is 10.9. The summed E-state index contributed by atoms with van der Waals surface area (Å²) in [7, 11) is 0. The number of rotatable bonds is 5. The minimum absolute atomic E-state index is 0.0557. The van der Waals surface area contributed by atoms with Crippen LogP contribution in [0.1, 0.15) is 24.0 Å². The monoisotopic (exact) mass is 319 g/mol. The Balaban J connectivity index is 1.61. The molecule has 3 rings (SSSR count). The zero-order valence-electron chi connectivity index (χ0n) is 12.9. The van der Waals surface area contributed by atoms with Gasteiger partial charge in [-0.1, -0.05) is 24.3 Å². The Hall–Kier alpha value is -1.92. The molecule has 2 heterocycles. The summed E-state index contributed by atoms with van der Waals surface area (Å²) in [5.74, 6) is -1.27. The third-order valence-corrected chi connectivity index (χ3v) is 4.41. The summed E-state index contributed by atoms with van der Waals surface area (Å²) in [6.07, 6.45) is 2.36. The molecule has 0 spiro atoms. The van der Waals surface area contributed by atoms with Gasteiger partial charge in [-0.25, -0.2) is 4.79 Å². The molecule has 2 aliphatic heterocycles. The first-order chi connectivity index (χ1) is 11.1. The quantitative estimate of drug-likeness (QED) is 0.883. The molecule has 1 aromatic rings. The molecule has 0 bridgehead atoms. The lowest BCUT2D eigenvalue weighted by Gasteiger charge is -2.34. The molecule has 6 heteroatoms. The normalized spacial score (nSPS) is 23.6. The Kier molecular flexibility index (Phi) is 4.93. The number of aliphatic carboxylic acids is 1. The summed E-state index contributed by atoms with van der Waals surface area (Å²) in [5.41, 5.74) is 1.99. The number of benzene rings is 1. The van der Waals surface area contributed by atoms with Gasteiger partial charge in [-0.2, -0.15) is 0 Å². The van der Waals surface area contributed by atoms with Gasteiger partial charge >= 0.3 is 5.97 Å². The van der Waals surface area contributed by atoms with E-state index in [0.717, 1.165) is 30.6 Å². The van der Waals surface area contributed by atoms with Crippen molar-refractivity contribution in [3.05, 3.63) is 35.4 Å². The van der Waals surface area contributed by atoms with Gasteiger partial charge in [-0.05, 0) is 24.0 Å². The van der Waals surface area contributed by atoms with Crippen LogP contribution in [0.3, 0.4) is 0 Å². The molecule has 1 amide bonds. The Bertz CT molecular complexity index is 582. The molecule has 1 fully saturated rings. The highest BCUT2D eigenvalue weighted by atomic mass is 16.5. The molecule has 0 saturated carbocycles. The van der Waals surface area contributed by atoms with Gasteiger partial charge in [-0.3, -0.25) is 4.79 Å². The average Bonchev–Trinajstić information content (AvgIpc) is 3.06. The predicted octanol–water partition coefficient (Wildman–Crippen LogP) is 1.22. The van der Waals surface area contributed by atoms with Crippen LogP contribution in [-0.2, 0) is 32.0 Å². The third-order valence-electron chi connectivity index (χ3n) is 4.41. The summed E-state index contributed by atoms with van der Waals surface area (Å²) >= 11 is 0. The lowest BCUT2D eigenvalue weighted by molar-refractivity contribution is -0.154. The van der Waals surface area contributed by atoms with E-state index < -0.39 is 12.0 Å². The van der Waals surface area contributed by atoms with Gasteiger partial charge in [0.05, 0.1) is 12.7 Å². The van der Waals surface area contributed by atoms with Gasteiger partial charge < -0.3 is 19.5 Å². The molecule has 2 unspecified atom stereocenters. The smallest absolute Gasteiger partial charge is 0.326 e. The Labute approximate surface area is 135 Å². The SMILES string of the molecule is O=C(O)C1Cc2ccccc2CN1C(=O)COCC1CCCO1. The van der Waals surface area contributed by atoms with Crippen molar-refractivity contribution in [2.45, 2.75) is 38.0 Å². The highest BCUT2D eigenvalue weighted by Crippen LogP contribution is 2.23. The van der Waals surface area contributed by atoms with Crippen molar-refractivity contribution in [1.29, 1.82) is 0 Å². The second kappa shape index (κ2) is 7.10. The molecule has 1 aromatic carbocycles. The molecule has 0 aromatic heterocycles. The van der Waals surface area contributed by atoms with Gasteiger partial charge in [0, 0.05) is 19.6 Å². The lowest BCUT2D eigenvalue weighted by Crippen LogP contribution is -2.50. The fraction of sp³-hybridized carbons (Fsp3) is 0.529. The highest BCUT2D eigenvalue weighted by Gasteiger charge is 2.34. The number of carbonyl (C=O) groups is 2. The van der Waals surface area contributed by atoms with Crippen molar-refractivity contribution >= 4 is 11.9 Å². The van der Waals surface area contributed by atoms with E-state index in [0.29, 0.717) is 19.6 Å². The summed E-state index contributed by atoms with van der Waals surface area (Å²) in [6, 6.07) is 6.81. The molecule has 23 heavy (non-hydrogen) atoms. The van der Waals surface area contributed by atoms with Gasteiger partial charge in [0.1, 0.15) is 12.6 Å². The van der Waals surface area contributed by atoms with Gasteiger partial charge in [0.25, 0.3) is 0 Å². The molecule has 124 valence electrons. The molecular weight excluding hydrogens is 298 g/mol. The topological polar surface area (TPSA) is 76.1 Å². The number of amides is 1. The molecule has 0 aliphatic carbocycles. The number of fused-ring (bicyclic) bond motifs is 1. The van der Waals surface area contributed by atoms with Crippen molar-refractivity contribution < 1.29 is 24.2 Å². The highest BCUT2D eigenvalue weighted by molar-refractivity contribution is 5.85. The van der Waals surface area contributed by atoms with E-state index in [1.54, 1.807) is 0 Å². The largest absolute Gasteiger partial charge is 0.480 e. The molecule has 1 saturated heterocycles. The number of hydrogen-bond acceptors (Lipinski definition) is 4. The first kappa shape index (κ1) is 16.0. The standard InChI is InChI=1S/C17H21NO5/c19-16(11-22-10-14-6-3-7-23-14)18-9-13-5-2-1-4-12(13)8-15(18)17(20)21/h1-2,4-5,14-15H,3,6-11H2,(H,20,21). The van der Waals surface area contributed by atoms with E-state index in [1.807, 2.05) is 24.3 Å². The van der Waals surface area contributed by atoms with Gasteiger partial charge in [0.2, 0.25) is 5.91 Å². The molecule has 2 aliphatic rings. The lowest BCUT2D eigenvalue weighted by atomic mass is 9.94. The van der Waals surface area contributed by atoms with Crippen LogP contribution < -0.4 is 0 Å². The van der Waals surface area contributed by atoms with Crippen LogP contribution in [0.15, 0.2) is 24.3 Å². The van der Waals surface area contributed by atoms with E-state index in [-0.39, 0.29) is 18.6 Å². The number of hydrogen-bond donors (Lipinski definition) is 1. The zero-order valence-corrected chi connectivity index (χ0v) is 12.9. The number of ether oxygens (including phenoxy) is 2. The molecule has 0 radical (unpaired) electrons.